The molecule has 2 aromatic rings. The zero-order valence-corrected chi connectivity index (χ0v) is 17.0. The van der Waals surface area contributed by atoms with E-state index in [2.05, 4.69) is 62.9 Å². The number of rotatable bonds is 4. The zero-order chi connectivity index (χ0) is 18.8. The first-order valence-electron chi connectivity index (χ1n) is 9.97. The van der Waals surface area contributed by atoms with Crippen molar-refractivity contribution in [1.29, 1.82) is 0 Å². The Morgan fingerprint density at radius 1 is 1.19 bits per heavy atom. The van der Waals surface area contributed by atoms with E-state index in [9.17, 15) is 4.79 Å². The third-order valence-corrected chi connectivity index (χ3v) is 6.66. The summed E-state index contributed by atoms with van der Waals surface area (Å²) in [6, 6.07) is 9.18. The highest BCUT2D eigenvalue weighted by molar-refractivity contribution is 7.03. The van der Waals surface area contributed by atoms with E-state index in [1.807, 2.05) is 0 Å². The molecule has 1 amide bonds. The van der Waals surface area contributed by atoms with Crippen LogP contribution in [-0.2, 0) is 4.79 Å². The number of carbonyl (C=O) groups is 1. The lowest BCUT2D eigenvalue weighted by molar-refractivity contribution is -0.135. The average molecular weight is 385 g/mol. The van der Waals surface area contributed by atoms with Crippen LogP contribution in [0.5, 0.6) is 0 Å². The van der Waals surface area contributed by atoms with Crippen molar-refractivity contribution in [1.82, 2.24) is 19.4 Å². The molecule has 1 aromatic heterocycles. The van der Waals surface area contributed by atoms with Crippen LogP contribution in [0.1, 0.15) is 54.8 Å². The maximum atomic E-state index is 12.9. The van der Waals surface area contributed by atoms with E-state index in [4.69, 9.17) is 0 Å². The van der Waals surface area contributed by atoms with Gasteiger partial charge in [0.25, 0.3) is 0 Å². The topological polar surface area (TPSA) is 49.3 Å². The second kappa shape index (κ2) is 8.07. The number of aromatic nitrogens is 2. The first-order chi connectivity index (χ1) is 13.1. The van der Waals surface area contributed by atoms with Gasteiger partial charge in [0.2, 0.25) is 5.91 Å². The van der Waals surface area contributed by atoms with Crippen LogP contribution in [0.3, 0.4) is 0 Å². The van der Waals surface area contributed by atoms with E-state index < -0.39 is 0 Å². The molecule has 1 aromatic carbocycles. The lowest BCUT2D eigenvalue weighted by Gasteiger charge is -2.34. The lowest BCUT2D eigenvalue weighted by Crippen LogP contribution is -2.46. The molecule has 2 aliphatic rings. The summed E-state index contributed by atoms with van der Waals surface area (Å²) in [6.07, 6.45) is 3.50. The molecule has 3 atom stereocenters. The van der Waals surface area contributed by atoms with Gasteiger partial charge < -0.3 is 4.90 Å². The second-order valence-electron chi connectivity index (χ2n) is 8.08. The number of aryl methyl sites for hydroxylation is 1. The molecule has 3 heterocycles. The second-order valence-corrected chi connectivity index (χ2v) is 8.69. The number of carbonyl (C=O) groups excluding carboxylic acids is 1. The molecule has 2 fully saturated rings. The molecule has 1 unspecified atom stereocenters. The standard InChI is InChI=1S/C21H28N4OS/c1-15-6-8-17(9-7-15)18-11-24(12-19(18)20-14-27-23-22-20)13-21(26)25-10-4-3-5-16(25)2/h6-9,14,16,18-19H,3-5,10-13H2,1-2H3/t16?,18-,19+/m0/s1. The Morgan fingerprint density at radius 2 is 1.96 bits per heavy atom. The largest absolute Gasteiger partial charge is 0.339 e. The first-order valence-corrected chi connectivity index (χ1v) is 10.8. The molecule has 2 aliphatic heterocycles. The third kappa shape index (κ3) is 4.06. The molecule has 0 bridgehead atoms. The predicted octanol–water partition coefficient (Wildman–Crippen LogP) is 3.43. The van der Waals surface area contributed by atoms with Gasteiger partial charge in [0.05, 0.1) is 12.2 Å². The smallest absolute Gasteiger partial charge is 0.236 e. The highest BCUT2D eigenvalue weighted by Gasteiger charge is 2.37. The fourth-order valence-electron chi connectivity index (χ4n) is 4.55. The van der Waals surface area contributed by atoms with E-state index in [0.29, 0.717) is 24.4 Å². The summed E-state index contributed by atoms with van der Waals surface area (Å²) in [7, 11) is 0. The summed E-state index contributed by atoms with van der Waals surface area (Å²) in [5.41, 5.74) is 3.67. The molecule has 0 N–H and O–H groups in total. The summed E-state index contributed by atoms with van der Waals surface area (Å²) < 4.78 is 4.08. The van der Waals surface area contributed by atoms with Crippen molar-refractivity contribution in [2.45, 2.75) is 51.0 Å². The fourth-order valence-corrected chi connectivity index (χ4v) is 5.07. The maximum Gasteiger partial charge on any atom is 0.236 e. The Kier molecular flexibility index (Phi) is 5.55. The van der Waals surface area contributed by atoms with Gasteiger partial charge in [-0.3, -0.25) is 9.69 Å². The van der Waals surface area contributed by atoms with Gasteiger partial charge in [-0.25, -0.2) is 0 Å². The SMILES string of the molecule is Cc1ccc([C@@H]2CN(CC(=O)N3CCCCC3C)C[C@H]2c2csnn2)cc1. The maximum absolute atomic E-state index is 12.9. The van der Waals surface area contributed by atoms with Crippen LogP contribution in [0, 0.1) is 6.92 Å². The minimum atomic E-state index is 0.280. The molecular formula is C21H28N4OS. The molecule has 0 saturated carbocycles. The first kappa shape index (κ1) is 18.6. The monoisotopic (exact) mass is 384 g/mol. The van der Waals surface area contributed by atoms with Gasteiger partial charge in [-0.15, -0.1) is 5.10 Å². The van der Waals surface area contributed by atoms with Crippen LogP contribution >= 0.6 is 11.5 Å². The minimum Gasteiger partial charge on any atom is -0.339 e. The predicted molar refractivity (Wildman–Crippen MR) is 108 cm³/mol. The number of nitrogens with zero attached hydrogens (tertiary/aromatic N) is 4. The number of piperidine rings is 1. The molecule has 6 heteroatoms. The number of amides is 1. The number of hydrogen-bond acceptors (Lipinski definition) is 5. The summed E-state index contributed by atoms with van der Waals surface area (Å²) in [5, 5.41) is 6.41. The van der Waals surface area contributed by atoms with Crippen molar-refractivity contribution in [3.8, 4) is 0 Å². The number of likely N-dealkylation sites (tertiary alicyclic amines) is 2. The highest BCUT2D eigenvalue weighted by atomic mass is 32.1. The van der Waals surface area contributed by atoms with Gasteiger partial charge in [-0.1, -0.05) is 34.3 Å². The van der Waals surface area contributed by atoms with Crippen LogP contribution in [0.15, 0.2) is 29.6 Å². The minimum absolute atomic E-state index is 0.280. The summed E-state index contributed by atoms with van der Waals surface area (Å²) >= 11 is 1.41. The van der Waals surface area contributed by atoms with E-state index in [1.165, 1.54) is 29.1 Å². The normalized spacial score (nSPS) is 26.4. The van der Waals surface area contributed by atoms with Gasteiger partial charge >= 0.3 is 0 Å². The van der Waals surface area contributed by atoms with E-state index in [0.717, 1.165) is 38.2 Å². The van der Waals surface area contributed by atoms with Gasteiger partial charge in [-0.05, 0) is 50.2 Å². The van der Waals surface area contributed by atoms with Gasteiger partial charge in [0.1, 0.15) is 0 Å². The molecule has 2 saturated heterocycles. The van der Waals surface area contributed by atoms with Crippen LogP contribution in [0.25, 0.3) is 0 Å². The molecule has 0 radical (unpaired) electrons. The van der Waals surface area contributed by atoms with Crippen LogP contribution in [0.2, 0.25) is 0 Å². The lowest BCUT2D eigenvalue weighted by atomic mass is 9.87. The van der Waals surface area contributed by atoms with Gasteiger partial charge in [-0.2, -0.15) is 0 Å². The van der Waals surface area contributed by atoms with Crippen molar-refractivity contribution in [2.75, 3.05) is 26.2 Å². The zero-order valence-electron chi connectivity index (χ0n) is 16.2. The number of hydrogen-bond donors (Lipinski definition) is 0. The Hall–Kier alpha value is -1.79. The summed E-state index contributed by atoms with van der Waals surface area (Å²) in [4.78, 5) is 17.3. The molecular weight excluding hydrogens is 356 g/mol. The fraction of sp³-hybridized carbons (Fsp3) is 0.571. The molecule has 0 spiro atoms. The van der Waals surface area contributed by atoms with Gasteiger partial charge in [0.15, 0.2) is 0 Å². The van der Waals surface area contributed by atoms with E-state index >= 15 is 0 Å². The third-order valence-electron chi connectivity index (χ3n) is 6.14. The van der Waals surface area contributed by atoms with E-state index in [1.54, 1.807) is 0 Å². The molecule has 144 valence electrons. The Balaban J connectivity index is 1.50. The number of benzene rings is 1. The van der Waals surface area contributed by atoms with E-state index in [-0.39, 0.29) is 5.91 Å². The Labute approximate surface area is 165 Å². The highest BCUT2D eigenvalue weighted by Crippen LogP contribution is 2.39. The quantitative estimate of drug-likeness (QED) is 0.810. The van der Waals surface area contributed by atoms with Crippen molar-refractivity contribution in [2.24, 2.45) is 0 Å². The van der Waals surface area contributed by atoms with Crippen LogP contribution in [-0.4, -0.2) is 57.5 Å². The Bertz CT molecular complexity index is 761. The molecule has 0 aliphatic carbocycles. The summed E-state index contributed by atoms with van der Waals surface area (Å²) in [5.74, 6) is 0.945. The summed E-state index contributed by atoms with van der Waals surface area (Å²) in [6.45, 7) is 7.50. The van der Waals surface area contributed by atoms with Crippen LogP contribution < -0.4 is 0 Å². The Morgan fingerprint density at radius 3 is 2.67 bits per heavy atom. The van der Waals surface area contributed by atoms with Crippen molar-refractivity contribution in [3.05, 3.63) is 46.5 Å². The molecule has 5 nitrogen and oxygen atoms in total. The van der Waals surface area contributed by atoms with Crippen LogP contribution in [0.4, 0.5) is 0 Å². The van der Waals surface area contributed by atoms with Crippen molar-refractivity contribution >= 4 is 17.4 Å². The van der Waals surface area contributed by atoms with Gasteiger partial charge in [0, 0.05) is 42.9 Å². The average Bonchev–Trinajstić information content (AvgIpc) is 3.32. The van der Waals surface area contributed by atoms with Crippen molar-refractivity contribution in [3.63, 3.8) is 0 Å². The molecule has 4 rings (SSSR count). The van der Waals surface area contributed by atoms with Crippen molar-refractivity contribution < 1.29 is 4.79 Å². The molecule has 27 heavy (non-hydrogen) atoms.